The monoisotopic (exact) mass is 344 g/mol. The molecule has 0 saturated carbocycles. The molecule has 1 N–H and O–H groups in total. The summed E-state index contributed by atoms with van der Waals surface area (Å²) in [4.78, 5) is 36.6. The van der Waals surface area contributed by atoms with E-state index in [2.05, 4.69) is 10.3 Å². The van der Waals surface area contributed by atoms with E-state index in [-0.39, 0.29) is 22.1 Å². The molecule has 0 atom stereocenters. The van der Waals surface area contributed by atoms with Crippen LogP contribution >= 0.6 is 11.3 Å². The molecule has 3 rings (SSSR count). The van der Waals surface area contributed by atoms with Crippen molar-refractivity contribution in [1.82, 2.24) is 4.98 Å². The maximum absolute atomic E-state index is 12.1. The van der Waals surface area contributed by atoms with Gasteiger partial charge < -0.3 is 0 Å². The Morgan fingerprint density at radius 2 is 1.62 bits per heavy atom. The van der Waals surface area contributed by atoms with Crippen LogP contribution < -0.4 is 5.32 Å². The van der Waals surface area contributed by atoms with Gasteiger partial charge in [0, 0.05) is 29.8 Å². The van der Waals surface area contributed by atoms with Crippen LogP contribution in [0.4, 0.5) is 16.5 Å². The third-order valence-corrected chi connectivity index (χ3v) is 4.08. The first kappa shape index (κ1) is 15.5. The molecular formula is C14H8N4O5S. The number of amides is 1. The number of non-ortho nitro benzene ring substituents is 2. The zero-order valence-corrected chi connectivity index (χ0v) is 12.6. The number of carbonyl (C=O) groups excluding carboxylic acids is 1. The van der Waals surface area contributed by atoms with Gasteiger partial charge in [0.15, 0.2) is 5.13 Å². The van der Waals surface area contributed by atoms with E-state index in [1.165, 1.54) is 42.5 Å². The van der Waals surface area contributed by atoms with Crippen molar-refractivity contribution in [3.63, 3.8) is 0 Å². The zero-order valence-electron chi connectivity index (χ0n) is 11.8. The number of carbonyl (C=O) groups is 1. The predicted molar refractivity (Wildman–Crippen MR) is 87.3 cm³/mol. The second-order valence-electron chi connectivity index (χ2n) is 4.69. The molecule has 0 radical (unpaired) electrons. The second-order valence-corrected chi connectivity index (χ2v) is 5.72. The average Bonchev–Trinajstić information content (AvgIpc) is 2.96. The summed E-state index contributed by atoms with van der Waals surface area (Å²) in [7, 11) is 0. The number of benzene rings is 2. The van der Waals surface area contributed by atoms with Gasteiger partial charge >= 0.3 is 0 Å². The molecule has 0 unspecified atom stereocenters. The standard InChI is InChI=1S/C14H8N4O5S/c19-13(8-1-3-9(4-2-8)17(20)21)16-14-15-11-6-5-10(18(22)23)7-12(11)24-14/h1-7H,(H,15,16,19). The summed E-state index contributed by atoms with van der Waals surface area (Å²) in [5, 5.41) is 24.2. The summed E-state index contributed by atoms with van der Waals surface area (Å²) in [6, 6.07) is 9.37. The Hall–Kier alpha value is -3.40. The molecule has 9 nitrogen and oxygen atoms in total. The topological polar surface area (TPSA) is 128 Å². The molecule has 0 aliphatic carbocycles. The molecule has 0 saturated heterocycles. The fourth-order valence-corrected chi connectivity index (χ4v) is 2.88. The number of rotatable bonds is 4. The lowest BCUT2D eigenvalue weighted by Crippen LogP contribution is -2.11. The lowest BCUT2D eigenvalue weighted by atomic mass is 10.2. The molecule has 3 aromatic rings. The van der Waals surface area contributed by atoms with Gasteiger partial charge in [0.1, 0.15) is 0 Å². The number of aromatic nitrogens is 1. The van der Waals surface area contributed by atoms with Gasteiger partial charge in [-0.3, -0.25) is 30.3 Å². The third kappa shape index (κ3) is 3.03. The first-order valence-corrected chi connectivity index (χ1v) is 7.36. The molecule has 10 heteroatoms. The summed E-state index contributed by atoms with van der Waals surface area (Å²) >= 11 is 1.10. The quantitative estimate of drug-likeness (QED) is 0.571. The Kier molecular flexibility index (Phi) is 3.88. The Bertz CT molecular complexity index is 967. The van der Waals surface area contributed by atoms with E-state index >= 15 is 0 Å². The predicted octanol–water partition coefficient (Wildman–Crippen LogP) is 3.37. The van der Waals surface area contributed by atoms with Crippen LogP contribution in [0.5, 0.6) is 0 Å². The minimum atomic E-state index is -0.553. The first-order chi connectivity index (χ1) is 11.4. The van der Waals surface area contributed by atoms with Crippen LogP contribution in [0.1, 0.15) is 10.4 Å². The molecule has 0 aliphatic rings. The molecule has 1 heterocycles. The van der Waals surface area contributed by atoms with Crippen molar-refractivity contribution in [3.8, 4) is 0 Å². The molecule has 0 fully saturated rings. The van der Waals surface area contributed by atoms with Crippen LogP contribution in [-0.4, -0.2) is 20.7 Å². The molecule has 0 spiro atoms. The molecule has 120 valence electrons. The van der Waals surface area contributed by atoms with E-state index in [4.69, 9.17) is 0 Å². The lowest BCUT2D eigenvalue weighted by Gasteiger charge is -2.00. The number of thiazole rings is 1. The maximum Gasteiger partial charge on any atom is 0.270 e. The second kappa shape index (κ2) is 6.01. The number of nitro benzene ring substituents is 2. The lowest BCUT2D eigenvalue weighted by molar-refractivity contribution is -0.385. The normalized spacial score (nSPS) is 10.5. The van der Waals surface area contributed by atoms with Gasteiger partial charge in [-0.1, -0.05) is 11.3 Å². The summed E-state index contributed by atoms with van der Waals surface area (Å²) in [6.07, 6.45) is 0. The number of nitrogens with one attached hydrogen (secondary N) is 1. The highest BCUT2D eigenvalue weighted by atomic mass is 32.1. The Balaban J connectivity index is 1.82. The SMILES string of the molecule is O=C(Nc1nc2ccc([N+](=O)[O-])cc2s1)c1ccc([N+](=O)[O-])cc1. The summed E-state index contributed by atoms with van der Waals surface area (Å²) in [6.45, 7) is 0. The average molecular weight is 344 g/mol. The van der Waals surface area contributed by atoms with E-state index in [1.54, 1.807) is 0 Å². The smallest absolute Gasteiger partial charge is 0.270 e. The molecule has 0 aliphatic heterocycles. The molecular weight excluding hydrogens is 336 g/mol. The van der Waals surface area contributed by atoms with E-state index in [9.17, 15) is 25.0 Å². The van der Waals surface area contributed by atoms with E-state index in [0.717, 1.165) is 11.3 Å². The fourth-order valence-electron chi connectivity index (χ4n) is 1.98. The van der Waals surface area contributed by atoms with Crippen LogP contribution in [0.2, 0.25) is 0 Å². The molecule has 2 aromatic carbocycles. The highest BCUT2D eigenvalue weighted by Gasteiger charge is 2.14. The highest BCUT2D eigenvalue weighted by Crippen LogP contribution is 2.29. The fraction of sp³-hybridized carbons (Fsp3) is 0. The van der Waals surface area contributed by atoms with Crippen molar-refractivity contribution in [3.05, 3.63) is 68.3 Å². The van der Waals surface area contributed by atoms with Gasteiger partial charge in [-0.05, 0) is 18.2 Å². The highest BCUT2D eigenvalue weighted by molar-refractivity contribution is 7.22. The van der Waals surface area contributed by atoms with Crippen molar-refractivity contribution in [2.75, 3.05) is 5.32 Å². The minimum absolute atomic E-state index is 0.0561. The van der Waals surface area contributed by atoms with Crippen molar-refractivity contribution in [2.24, 2.45) is 0 Å². The van der Waals surface area contributed by atoms with E-state index in [1.807, 2.05) is 0 Å². The molecule has 24 heavy (non-hydrogen) atoms. The van der Waals surface area contributed by atoms with Crippen molar-refractivity contribution < 1.29 is 14.6 Å². The van der Waals surface area contributed by atoms with Gasteiger partial charge in [0.2, 0.25) is 0 Å². The number of fused-ring (bicyclic) bond motifs is 1. The number of nitro groups is 2. The van der Waals surface area contributed by atoms with Crippen LogP contribution in [0.25, 0.3) is 10.2 Å². The number of hydrogen-bond acceptors (Lipinski definition) is 7. The minimum Gasteiger partial charge on any atom is -0.298 e. The van der Waals surface area contributed by atoms with Gasteiger partial charge in [0.05, 0.1) is 20.1 Å². The van der Waals surface area contributed by atoms with Crippen molar-refractivity contribution in [1.29, 1.82) is 0 Å². The van der Waals surface area contributed by atoms with E-state index < -0.39 is 15.8 Å². The Labute approximate surface area is 137 Å². The molecule has 1 amide bonds. The third-order valence-electron chi connectivity index (χ3n) is 3.14. The van der Waals surface area contributed by atoms with Crippen LogP contribution in [0.3, 0.4) is 0 Å². The summed E-state index contributed by atoms with van der Waals surface area (Å²) in [5.74, 6) is -0.474. The van der Waals surface area contributed by atoms with Gasteiger partial charge in [0.25, 0.3) is 17.3 Å². The number of nitrogens with zero attached hydrogens (tertiary/aromatic N) is 3. The first-order valence-electron chi connectivity index (χ1n) is 6.55. The number of hydrogen-bond donors (Lipinski definition) is 1. The summed E-state index contributed by atoms with van der Waals surface area (Å²) < 4.78 is 0.572. The van der Waals surface area contributed by atoms with Gasteiger partial charge in [-0.15, -0.1) is 0 Å². The largest absolute Gasteiger partial charge is 0.298 e. The van der Waals surface area contributed by atoms with Crippen LogP contribution in [-0.2, 0) is 0 Å². The van der Waals surface area contributed by atoms with Crippen molar-refractivity contribution in [2.45, 2.75) is 0 Å². The zero-order chi connectivity index (χ0) is 17.3. The molecule has 1 aromatic heterocycles. The van der Waals surface area contributed by atoms with Crippen LogP contribution in [0, 0.1) is 20.2 Å². The van der Waals surface area contributed by atoms with Gasteiger partial charge in [-0.2, -0.15) is 0 Å². The Morgan fingerprint density at radius 1 is 1.00 bits per heavy atom. The van der Waals surface area contributed by atoms with Crippen molar-refractivity contribution >= 4 is 44.0 Å². The molecule has 0 bridgehead atoms. The van der Waals surface area contributed by atoms with E-state index in [0.29, 0.717) is 10.2 Å². The summed E-state index contributed by atoms with van der Waals surface area (Å²) in [5.41, 5.74) is 0.605. The van der Waals surface area contributed by atoms with Gasteiger partial charge in [-0.25, -0.2) is 4.98 Å². The Morgan fingerprint density at radius 3 is 2.25 bits per heavy atom. The maximum atomic E-state index is 12.1. The van der Waals surface area contributed by atoms with Crippen LogP contribution in [0.15, 0.2) is 42.5 Å². The number of anilines is 1.